The predicted molar refractivity (Wildman–Crippen MR) is 181 cm³/mol. The average molecular weight is 755 g/mol. The first kappa shape index (κ1) is 42.5. The van der Waals surface area contributed by atoms with Crippen LogP contribution in [0.2, 0.25) is 15.3 Å². The van der Waals surface area contributed by atoms with Gasteiger partial charge in [-0.15, -0.1) is 5.10 Å². The summed E-state index contributed by atoms with van der Waals surface area (Å²) in [5.41, 5.74) is -0.777. The van der Waals surface area contributed by atoms with Crippen LogP contribution in [-0.4, -0.2) is 76.6 Å². The van der Waals surface area contributed by atoms with Crippen LogP contribution in [0.3, 0.4) is 0 Å². The number of ether oxygens (including phenoxy) is 1. The maximum atomic E-state index is 12.1. The zero-order chi connectivity index (χ0) is 37.0. The second-order valence-corrected chi connectivity index (χ2v) is 14.3. The van der Waals surface area contributed by atoms with Crippen molar-refractivity contribution in [1.82, 2.24) is 30.0 Å². The molecule has 0 aliphatic heterocycles. The third kappa shape index (κ3) is 15.6. The van der Waals surface area contributed by atoms with Gasteiger partial charge in [0.25, 0.3) is 0 Å². The van der Waals surface area contributed by atoms with E-state index in [1.165, 1.54) is 6.07 Å². The molecule has 3 rings (SSSR count). The van der Waals surface area contributed by atoms with Crippen LogP contribution in [0.5, 0.6) is 5.75 Å². The van der Waals surface area contributed by atoms with Crippen molar-refractivity contribution in [3.63, 3.8) is 0 Å². The number of aromatic nitrogens is 5. The van der Waals surface area contributed by atoms with Crippen molar-refractivity contribution >= 4 is 60.3 Å². The molecule has 3 aromatic rings. The highest BCUT2D eigenvalue weighted by Crippen LogP contribution is 2.34. The largest absolute Gasteiger partial charge is 0.489 e. The van der Waals surface area contributed by atoms with E-state index in [1.54, 1.807) is 19.9 Å². The Morgan fingerprint density at radius 1 is 1.10 bits per heavy atom. The number of carboxylic acid groups (broad SMARTS) is 1. The number of halogens is 3. The quantitative estimate of drug-likeness (QED) is 0.145. The van der Waals surface area contributed by atoms with Gasteiger partial charge in [0.15, 0.2) is 0 Å². The first-order valence-corrected chi connectivity index (χ1v) is 17.0. The molecule has 0 radical (unpaired) electrons. The van der Waals surface area contributed by atoms with E-state index in [4.69, 9.17) is 64.1 Å². The summed E-state index contributed by atoms with van der Waals surface area (Å²) in [5.74, 6) is -0.322. The normalized spacial score (nSPS) is 11.4. The monoisotopic (exact) mass is 753 g/mol. The lowest BCUT2D eigenvalue weighted by molar-refractivity contribution is -0.135. The predicted octanol–water partition coefficient (Wildman–Crippen LogP) is 4.68. The molecule has 0 unspecified atom stereocenters. The molecule has 0 spiro atoms. The van der Waals surface area contributed by atoms with Crippen molar-refractivity contribution < 1.29 is 33.4 Å². The van der Waals surface area contributed by atoms with Crippen molar-refractivity contribution in [2.75, 3.05) is 30.0 Å². The van der Waals surface area contributed by atoms with Crippen molar-refractivity contribution in [2.45, 2.75) is 72.4 Å². The number of hydrogen-bond acceptors (Lipinski definition) is 13. The molecule has 0 aliphatic rings. The van der Waals surface area contributed by atoms with Gasteiger partial charge in [0.05, 0.1) is 40.7 Å². The number of anilines is 2. The van der Waals surface area contributed by atoms with Crippen LogP contribution in [-0.2, 0) is 14.8 Å². The van der Waals surface area contributed by atoms with Gasteiger partial charge in [0.1, 0.15) is 11.3 Å². The van der Waals surface area contributed by atoms with Crippen molar-refractivity contribution in [2.24, 2.45) is 0 Å². The summed E-state index contributed by atoms with van der Waals surface area (Å²) in [6, 6.07) is 5.19. The van der Waals surface area contributed by atoms with Crippen LogP contribution in [0.25, 0.3) is 5.69 Å². The van der Waals surface area contributed by atoms with Crippen LogP contribution < -0.4 is 26.4 Å². The van der Waals surface area contributed by atoms with Crippen molar-refractivity contribution in [3.8, 4) is 17.5 Å². The fourth-order valence-corrected chi connectivity index (χ4v) is 4.09. The summed E-state index contributed by atoms with van der Waals surface area (Å²) in [5, 5.41) is 29.7. The molecule has 0 saturated heterocycles. The number of carbonyl (C=O) groups is 1. The number of carboxylic acids is 1. The zero-order valence-corrected chi connectivity index (χ0v) is 30.7. The number of nitriles is 1. The molecule has 0 bridgehead atoms. The number of benzene rings is 1. The SMILES string of the molecule is CC(C)Oc1cc(-n2nc(C(C)(C)C)oc2=O)c(Cl)cc1Cl.CCNc1nc(Cl)nc(NC(C)(C)C#N)n1.O=C(O)CNCP(=O)(O)O. The molecule has 2 aromatic heterocycles. The zero-order valence-electron chi connectivity index (χ0n) is 27.5. The summed E-state index contributed by atoms with van der Waals surface area (Å²) in [6.07, 6.45) is -0.662. The minimum Gasteiger partial charge on any atom is -0.489 e. The molecular formula is C27H39Cl3N9O8P. The molecular weight excluding hydrogens is 716 g/mol. The Morgan fingerprint density at radius 3 is 2.19 bits per heavy atom. The van der Waals surface area contributed by atoms with E-state index in [1.807, 2.05) is 41.5 Å². The molecule has 21 heteroatoms. The second kappa shape index (κ2) is 18.3. The minimum atomic E-state index is -4.10. The van der Waals surface area contributed by atoms with Crippen LogP contribution in [0.1, 0.15) is 61.3 Å². The number of aliphatic carboxylic acids is 1. The average Bonchev–Trinajstić information content (AvgIpc) is 3.31. The second-order valence-electron chi connectivity index (χ2n) is 11.5. The summed E-state index contributed by atoms with van der Waals surface area (Å²) in [7, 11) is -4.10. The third-order valence-corrected chi connectivity index (χ3v) is 6.43. The summed E-state index contributed by atoms with van der Waals surface area (Å²) in [6.45, 7) is 15.1. The molecule has 0 aliphatic carbocycles. The fourth-order valence-electron chi connectivity index (χ4n) is 3.02. The van der Waals surface area contributed by atoms with Crippen molar-refractivity contribution in [3.05, 3.63) is 43.9 Å². The van der Waals surface area contributed by atoms with Crippen molar-refractivity contribution in [1.29, 1.82) is 5.26 Å². The Labute approximate surface area is 292 Å². The minimum absolute atomic E-state index is 0.0642. The maximum Gasteiger partial charge on any atom is 0.442 e. The number of rotatable bonds is 11. The molecule has 48 heavy (non-hydrogen) atoms. The van der Waals surface area contributed by atoms with E-state index in [0.717, 1.165) is 4.68 Å². The van der Waals surface area contributed by atoms with Crippen LogP contribution >= 0.6 is 42.4 Å². The molecule has 17 nitrogen and oxygen atoms in total. The Morgan fingerprint density at radius 2 is 1.71 bits per heavy atom. The molecule has 0 fully saturated rings. The Hall–Kier alpha value is -3.49. The van der Waals surface area contributed by atoms with Gasteiger partial charge in [-0.3, -0.25) is 14.7 Å². The lowest BCUT2D eigenvalue weighted by atomic mass is 9.97. The topological polar surface area (TPSA) is 251 Å². The number of nitrogens with zero attached hydrogens (tertiary/aromatic N) is 6. The number of nitrogens with one attached hydrogen (secondary N) is 3. The highest BCUT2D eigenvalue weighted by molar-refractivity contribution is 7.51. The Balaban J connectivity index is 0.000000389. The van der Waals surface area contributed by atoms with Gasteiger partial charge in [-0.25, -0.2) is 4.79 Å². The van der Waals surface area contributed by atoms with Gasteiger partial charge in [-0.1, -0.05) is 44.0 Å². The van der Waals surface area contributed by atoms with E-state index in [0.29, 0.717) is 34.8 Å². The molecule has 0 amide bonds. The van der Waals surface area contributed by atoms with Gasteiger partial charge in [-0.05, 0) is 52.3 Å². The molecule has 2 heterocycles. The van der Waals surface area contributed by atoms with E-state index in [2.05, 4.69) is 42.1 Å². The molecule has 266 valence electrons. The lowest BCUT2D eigenvalue weighted by Crippen LogP contribution is -2.29. The van der Waals surface area contributed by atoms with Gasteiger partial charge in [0, 0.05) is 18.0 Å². The summed E-state index contributed by atoms with van der Waals surface area (Å²) >= 11 is 18.0. The summed E-state index contributed by atoms with van der Waals surface area (Å²) in [4.78, 5) is 50.1. The Bertz CT molecular complexity index is 1680. The first-order chi connectivity index (χ1) is 22.0. The van der Waals surface area contributed by atoms with Crippen LogP contribution in [0.4, 0.5) is 11.9 Å². The van der Waals surface area contributed by atoms with Gasteiger partial charge >= 0.3 is 19.3 Å². The highest BCUT2D eigenvalue weighted by atomic mass is 35.5. The van der Waals surface area contributed by atoms with E-state index < -0.39 is 37.7 Å². The van der Waals surface area contributed by atoms with E-state index in [9.17, 15) is 14.2 Å². The Kier molecular flexibility index (Phi) is 16.2. The standard InChI is InChI=1S/C15H18Cl2N2O3.C9H13ClN6.C3H8NO5P/c1-8(2)21-12-7-11(9(16)6-10(12)17)19-14(20)22-13(18-19)15(3,4)5;1-4-12-7-13-6(10)14-8(15-7)16-9(2,3)5-11;5-3(6)1-4-2-10(7,8)9/h6-8H,1-5H3;4H2,1-3H3,(H2,12,13,14,15,16);4H,1-2H2,(H,5,6)(H2,7,8,9). The number of hydrogen-bond donors (Lipinski definition) is 6. The van der Waals surface area contributed by atoms with Crippen LogP contribution in [0.15, 0.2) is 21.3 Å². The maximum absolute atomic E-state index is 12.1. The highest BCUT2D eigenvalue weighted by Gasteiger charge is 2.24. The third-order valence-electron chi connectivity index (χ3n) is 5.02. The molecule has 1 aromatic carbocycles. The molecule has 6 N–H and O–H groups in total. The van der Waals surface area contributed by atoms with E-state index >= 15 is 0 Å². The van der Waals surface area contributed by atoms with Gasteiger partial charge in [-0.2, -0.15) is 24.9 Å². The fraction of sp³-hybridized carbons (Fsp3) is 0.519. The summed E-state index contributed by atoms with van der Waals surface area (Å²) < 4.78 is 22.0. The lowest BCUT2D eigenvalue weighted by Gasteiger charge is -2.17. The van der Waals surface area contributed by atoms with E-state index in [-0.39, 0.29) is 27.8 Å². The smallest absolute Gasteiger partial charge is 0.442 e. The van der Waals surface area contributed by atoms with Crippen LogP contribution in [0, 0.1) is 11.3 Å². The van der Waals surface area contributed by atoms with Gasteiger partial charge in [0.2, 0.25) is 23.1 Å². The first-order valence-electron chi connectivity index (χ1n) is 14.1. The molecule has 0 saturated carbocycles. The van der Waals surface area contributed by atoms with Gasteiger partial charge < -0.3 is 34.7 Å². The molecule has 0 atom stereocenters.